The number of imide groups is 1. The third-order valence-corrected chi connectivity index (χ3v) is 2.49. The molecule has 0 bridgehead atoms. The van der Waals surface area contributed by atoms with E-state index in [2.05, 4.69) is 10.6 Å². The Balaban J connectivity index is 2.29. The summed E-state index contributed by atoms with van der Waals surface area (Å²) >= 11 is 0. The highest BCUT2D eigenvalue weighted by Gasteiger charge is 2.46. The number of hydrogen-bond acceptors (Lipinski definition) is 2. The third-order valence-electron chi connectivity index (χ3n) is 2.49. The SMILES string of the molecule is CC1(C2C=CC=C2)NC(=O)NC1=O. The average Bonchev–Trinajstić information content (AvgIpc) is 2.61. The van der Waals surface area contributed by atoms with Crippen LogP contribution in [-0.2, 0) is 4.79 Å². The van der Waals surface area contributed by atoms with E-state index in [1.54, 1.807) is 6.92 Å². The second kappa shape index (κ2) is 2.45. The van der Waals surface area contributed by atoms with Gasteiger partial charge in [-0.25, -0.2) is 4.79 Å². The minimum atomic E-state index is -0.819. The maximum absolute atomic E-state index is 11.4. The Morgan fingerprint density at radius 2 is 1.92 bits per heavy atom. The van der Waals surface area contributed by atoms with Crippen LogP contribution in [0.2, 0.25) is 0 Å². The predicted molar refractivity (Wildman–Crippen MR) is 46.8 cm³/mol. The lowest BCUT2D eigenvalue weighted by molar-refractivity contribution is -0.124. The maximum atomic E-state index is 11.4. The van der Waals surface area contributed by atoms with Gasteiger partial charge in [-0.2, -0.15) is 0 Å². The Kier molecular flexibility index (Phi) is 1.52. The van der Waals surface area contributed by atoms with Crippen LogP contribution < -0.4 is 10.6 Å². The summed E-state index contributed by atoms with van der Waals surface area (Å²) in [6.07, 6.45) is 7.53. The van der Waals surface area contributed by atoms with E-state index in [1.165, 1.54) is 0 Å². The fourth-order valence-corrected chi connectivity index (χ4v) is 1.61. The smallest absolute Gasteiger partial charge is 0.322 e. The van der Waals surface area contributed by atoms with Crippen LogP contribution in [0, 0.1) is 5.92 Å². The molecule has 2 aliphatic rings. The van der Waals surface area contributed by atoms with Gasteiger partial charge < -0.3 is 5.32 Å². The zero-order chi connectivity index (χ0) is 9.47. The Bertz CT molecular complexity index is 321. The fraction of sp³-hybridized carbons (Fsp3) is 0.333. The van der Waals surface area contributed by atoms with Gasteiger partial charge >= 0.3 is 6.03 Å². The second-order valence-corrected chi connectivity index (χ2v) is 3.41. The first-order chi connectivity index (χ1) is 6.13. The molecule has 1 aliphatic carbocycles. The van der Waals surface area contributed by atoms with Crippen molar-refractivity contribution in [1.29, 1.82) is 0 Å². The number of rotatable bonds is 1. The van der Waals surface area contributed by atoms with Crippen molar-refractivity contribution in [2.24, 2.45) is 5.92 Å². The van der Waals surface area contributed by atoms with Crippen LogP contribution in [0.3, 0.4) is 0 Å². The van der Waals surface area contributed by atoms with Crippen LogP contribution in [0.4, 0.5) is 4.79 Å². The first kappa shape index (κ1) is 8.04. The molecule has 0 spiro atoms. The van der Waals surface area contributed by atoms with Gasteiger partial charge in [0.25, 0.3) is 5.91 Å². The molecule has 1 atom stereocenters. The summed E-state index contributed by atoms with van der Waals surface area (Å²) in [7, 11) is 0. The highest BCUT2D eigenvalue weighted by atomic mass is 16.2. The zero-order valence-corrected chi connectivity index (χ0v) is 7.20. The first-order valence-corrected chi connectivity index (χ1v) is 4.11. The summed E-state index contributed by atoms with van der Waals surface area (Å²) < 4.78 is 0. The van der Waals surface area contributed by atoms with Crippen LogP contribution in [0.25, 0.3) is 0 Å². The molecule has 1 saturated heterocycles. The number of hydrogen-bond donors (Lipinski definition) is 2. The fourth-order valence-electron chi connectivity index (χ4n) is 1.61. The maximum Gasteiger partial charge on any atom is 0.322 e. The summed E-state index contributed by atoms with van der Waals surface area (Å²) in [5.41, 5.74) is -0.819. The Morgan fingerprint density at radius 1 is 1.31 bits per heavy atom. The average molecular weight is 178 g/mol. The van der Waals surface area contributed by atoms with Gasteiger partial charge in [0.2, 0.25) is 0 Å². The van der Waals surface area contributed by atoms with Crippen molar-refractivity contribution in [3.8, 4) is 0 Å². The lowest BCUT2D eigenvalue weighted by Crippen LogP contribution is -2.48. The molecule has 68 valence electrons. The highest BCUT2D eigenvalue weighted by Crippen LogP contribution is 2.26. The highest BCUT2D eigenvalue weighted by molar-refractivity contribution is 6.07. The van der Waals surface area contributed by atoms with E-state index in [0.29, 0.717) is 0 Å². The molecule has 4 heteroatoms. The third kappa shape index (κ3) is 1.06. The van der Waals surface area contributed by atoms with Crippen molar-refractivity contribution in [1.82, 2.24) is 10.6 Å². The molecule has 1 unspecified atom stereocenters. The lowest BCUT2D eigenvalue weighted by atomic mass is 9.87. The van der Waals surface area contributed by atoms with Crippen LogP contribution in [0.5, 0.6) is 0 Å². The number of amides is 3. The van der Waals surface area contributed by atoms with Crippen molar-refractivity contribution in [3.05, 3.63) is 24.3 Å². The zero-order valence-electron chi connectivity index (χ0n) is 7.20. The standard InChI is InChI=1S/C9H10N2O2/c1-9(6-4-2-3-5-6)7(12)10-8(13)11-9/h2-6H,1H3,(H2,10,11,12,13). The molecule has 1 heterocycles. The van der Waals surface area contributed by atoms with E-state index < -0.39 is 11.6 Å². The summed E-state index contributed by atoms with van der Waals surface area (Å²) in [5, 5.41) is 4.85. The van der Waals surface area contributed by atoms with Gasteiger partial charge in [0, 0.05) is 5.92 Å². The molecule has 0 aromatic carbocycles. The van der Waals surface area contributed by atoms with Gasteiger partial charge in [0.1, 0.15) is 5.54 Å². The van der Waals surface area contributed by atoms with Crippen LogP contribution in [-0.4, -0.2) is 17.5 Å². The molecule has 2 N–H and O–H groups in total. The van der Waals surface area contributed by atoms with Crippen LogP contribution in [0.15, 0.2) is 24.3 Å². The van der Waals surface area contributed by atoms with Gasteiger partial charge in [-0.3, -0.25) is 10.1 Å². The molecular weight excluding hydrogens is 168 g/mol. The van der Waals surface area contributed by atoms with Crippen molar-refractivity contribution >= 4 is 11.9 Å². The van der Waals surface area contributed by atoms with Gasteiger partial charge in [0.15, 0.2) is 0 Å². The number of allylic oxidation sites excluding steroid dienone is 2. The molecular formula is C9H10N2O2. The topological polar surface area (TPSA) is 58.2 Å². The van der Waals surface area contributed by atoms with Crippen molar-refractivity contribution in [2.45, 2.75) is 12.5 Å². The summed E-state index contributed by atoms with van der Waals surface area (Å²) in [5.74, 6) is -0.308. The van der Waals surface area contributed by atoms with Crippen molar-refractivity contribution < 1.29 is 9.59 Å². The number of nitrogens with one attached hydrogen (secondary N) is 2. The molecule has 0 aromatic rings. The van der Waals surface area contributed by atoms with Crippen LogP contribution >= 0.6 is 0 Å². The molecule has 2 rings (SSSR count). The summed E-state index contributed by atoms with van der Waals surface area (Å²) in [4.78, 5) is 22.4. The normalized spacial score (nSPS) is 32.4. The van der Waals surface area contributed by atoms with E-state index in [-0.39, 0.29) is 11.8 Å². The van der Waals surface area contributed by atoms with E-state index in [4.69, 9.17) is 0 Å². The van der Waals surface area contributed by atoms with E-state index in [0.717, 1.165) is 0 Å². The molecule has 3 amide bonds. The molecule has 13 heavy (non-hydrogen) atoms. The van der Waals surface area contributed by atoms with Gasteiger partial charge in [-0.1, -0.05) is 24.3 Å². The Labute approximate surface area is 75.7 Å². The second-order valence-electron chi connectivity index (χ2n) is 3.41. The van der Waals surface area contributed by atoms with Gasteiger partial charge in [0.05, 0.1) is 0 Å². The van der Waals surface area contributed by atoms with Crippen LogP contribution in [0.1, 0.15) is 6.92 Å². The summed E-state index contributed by atoms with van der Waals surface area (Å²) in [6, 6.07) is -0.416. The largest absolute Gasteiger partial charge is 0.323 e. The Hall–Kier alpha value is -1.58. The molecule has 1 fully saturated rings. The first-order valence-electron chi connectivity index (χ1n) is 4.11. The van der Waals surface area contributed by atoms with E-state index >= 15 is 0 Å². The minimum Gasteiger partial charge on any atom is -0.323 e. The molecule has 0 saturated carbocycles. The quantitative estimate of drug-likeness (QED) is 0.568. The molecule has 0 radical (unpaired) electrons. The van der Waals surface area contributed by atoms with E-state index in [1.807, 2.05) is 24.3 Å². The molecule has 0 aromatic heterocycles. The Morgan fingerprint density at radius 3 is 2.38 bits per heavy atom. The lowest BCUT2D eigenvalue weighted by Gasteiger charge is -2.24. The van der Waals surface area contributed by atoms with E-state index in [9.17, 15) is 9.59 Å². The predicted octanol–water partition coefficient (Wildman–Crippen LogP) is 0.327. The van der Waals surface area contributed by atoms with Crippen molar-refractivity contribution in [2.75, 3.05) is 0 Å². The number of carbonyl (C=O) groups is 2. The molecule has 1 aliphatic heterocycles. The van der Waals surface area contributed by atoms with Crippen molar-refractivity contribution in [3.63, 3.8) is 0 Å². The summed E-state index contributed by atoms with van der Waals surface area (Å²) in [6.45, 7) is 1.72. The van der Waals surface area contributed by atoms with Gasteiger partial charge in [-0.05, 0) is 6.92 Å². The number of carbonyl (C=O) groups excluding carboxylic acids is 2. The monoisotopic (exact) mass is 178 g/mol. The minimum absolute atomic E-state index is 0.0426. The van der Waals surface area contributed by atoms with Gasteiger partial charge in [-0.15, -0.1) is 0 Å². The molecule has 4 nitrogen and oxygen atoms in total. The number of urea groups is 1.